The van der Waals surface area contributed by atoms with Crippen molar-refractivity contribution in [2.75, 3.05) is 62.2 Å². The number of aryl methyl sites for hydroxylation is 1. The minimum atomic E-state index is 0.0606. The van der Waals surface area contributed by atoms with Gasteiger partial charge in [-0.2, -0.15) is 0 Å². The van der Waals surface area contributed by atoms with Crippen LogP contribution in [0.1, 0.15) is 44.4 Å². The maximum absolute atomic E-state index is 13.6. The molecule has 0 saturated carbocycles. The van der Waals surface area contributed by atoms with E-state index in [4.69, 9.17) is 11.6 Å². The van der Waals surface area contributed by atoms with E-state index >= 15 is 0 Å². The van der Waals surface area contributed by atoms with Gasteiger partial charge in [0.25, 0.3) is 0 Å². The monoisotopic (exact) mass is 470 g/mol. The number of carbonyl (C=O) groups excluding carboxylic acids is 1. The molecule has 2 aliphatic rings. The number of aromatic nitrogens is 2. The number of fused-ring (bicyclic) bond motifs is 1. The van der Waals surface area contributed by atoms with Gasteiger partial charge in [0.1, 0.15) is 12.1 Å². The molecule has 1 atom stereocenters. The Bertz CT molecular complexity index is 940. The number of nitrogens with zero attached hydrogens (tertiary/aromatic N) is 6. The van der Waals surface area contributed by atoms with Crippen LogP contribution in [0.3, 0.4) is 0 Å². The number of anilines is 2. The molecule has 0 N–H and O–H groups in total. The molecule has 7 nitrogen and oxygen atoms in total. The van der Waals surface area contributed by atoms with Crippen LogP contribution in [-0.4, -0.2) is 78.2 Å². The maximum Gasteiger partial charge on any atom is 0.324 e. The summed E-state index contributed by atoms with van der Waals surface area (Å²) in [6.07, 6.45) is 3.87. The van der Waals surface area contributed by atoms with Gasteiger partial charge in [-0.3, -0.25) is 4.90 Å². The zero-order chi connectivity index (χ0) is 23.4. The predicted molar refractivity (Wildman–Crippen MR) is 135 cm³/mol. The first-order chi connectivity index (χ1) is 16.0. The molecule has 1 aliphatic heterocycles. The molecule has 1 fully saturated rings. The number of hydrogen-bond donors (Lipinski definition) is 0. The third-order valence-corrected chi connectivity index (χ3v) is 7.26. The molecule has 8 heteroatoms. The predicted octanol–water partition coefficient (Wildman–Crippen LogP) is 4.27. The van der Waals surface area contributed by atoms with Crippen LogP contribution in [0.5, 0.6) is 0 Å². The van der Waals surface area contributed by atoms with Gasteiger partial charge in [-0.1, -0.05) is 32.4 Å². The van der Waals surface area contributed by atoms with E-state index in [2.05, 4.69) is 40.5 Å². The van der Waals surface area contributed by atoms with Crippen LogP contribution >= 0.6 is 11.6 Å². The van der Waals surface area contributed by atoms with Crippen LogP contribution < -0.4 is 9.80 Å². The zero-order valence-corrected chi connectivity index (χ0v) is 20.8. The van der Waals surface area contributed by atoms with Crippen molar-refractivity contribution in [3.63, 3.8) is 0 Å². The average molecular weight is 471 g/mol. The van der Waals surface area contributed by atoms with Crippen molar-refractivity contribution in [3.05, 3.63) is 46.9 Å². The Morgan fingerprint density at radius 1 is 1.06 bits per heavy atom. The normalized spacial score (nSPS) is 18.0. The van der Waals surface area contributed by atoms with Crippen molar-refractivity contribution in [2.45, 2.75) is 39.5 Å². The lowest BCUT2D eigenvalue weighted by molar-refractivity contribution is 0.199. The summed E-state index contributed by atoms with van der Waals surface area (Å²) in [6, 6.07) is 7.63. The van der Waals surface area contributed by atoms with Crippen LogP contribution in [-0.2, 0) is 6.42 Å². The van der Waals surface area contributed by atoms with E-state index in [1.807, 2.05) is 34.1 Å². The van der Waals surface area contributed by atoms with Gasteiger partial charge in [-0.25, -0.2) is 14.8 Å². The highest BCUT2D eigenvalue weighted by Crippen LogP contribution is 2.37. The quantitative estimate of drug-likeness (QED) is 0.604. The standard InChI is InChI=1S/C25H35ClN6O/c1-4-29(5-2)12-17-32(21-9-7-20(26)8-10-21)25(33)31-15-13-30(14-16-31)24-23-19(3)6-11-22(23)27-18-28-24/h7-10,18-19H,4-6,11-17H2,1-3H3. The lowest BCUT2D eigenvalue weighted by Crippen LogP contribution is -2.54. The van der Waals surface area contributed by atoms with Crippen LogP contribution in [0.4, 0.5) is 16.3 Å². The fourth-order valence-electron chi connectivity index (χ4n) is 4.89. The largest absolute Gasteiger partial charge is 0.353 e. The highest BCUT2D eigenvalue weighted by molar-refractivity contribution is 6.30. The topological polar surface area (TPSA) is 55.8 Å². The van der Waals surface area contributed by atoms with Gasteiger partial charge in [-0.05, 0) is 56.1 Å². The molecule has 0 radical (unpaired) electrons. The first-order valence-electron chi connectivity index (χ1n) is 12.1. The number of likely N-dealkylation sites (N-methyl/N-ethyl adjacent to an activating group) is 1. The minimum Gasteiger partial charge on any atom is -0.353 e. The number of urea groups is 1. The second kappa shape index (κ2) is 10.7. The molecule has 4 rings (SSSR count). The lowest BCUT2D eigenvalue weighted by Gasteiger charge is -2.39. The average Bonchev–Trinajstić information content (AvgIpc) is 3.23. The molecule has 2 heterocycles. The Morgan fingerprint density at radius 2 is 1.76 bits per heavy atom. The van der Waals surface area contributed by atoms with E-state index in [1.165, 1.54) is 11.3 Å². The molecule has 1 aromatic heterocycles. The highest BCUT2D eigenvalue weighted by atomic mass is 35.5. The summed E-state index contributed by atoms with van der Waals surface area (Å²) in [7, 11) is 0. The Labute approximate surface area is 202 Å². The first kappa shape index (κ1) is 23.8. The molecule has 0 bridgehead atoms. The van der Waals surface area contributed by atoms with Gasteiger partial charge < -0.3 is 14.7 Å². The highest BCUT2D eigenvalue weighted by Gasteiger charge is 2.31. The van der Waals surface area contributed by atoms with Gasteiger partial charge in [0.05, 0.1) is 0 Å². The number of carbonyl (C=O) groups is 1. The van der Waals surface area contributed by atoms with E-state index < -0.39 is 0 Å². The maximum atomic E-state index is 13.6. The van der Waals surface area contributed by atoms with Crippen molar-refractivity contribution >= 4 is 29.1 Å². The van der Waals surface area contributed by atoms with Crippen LogP contribution in [0.25, 0.3) is 0 Å². The zero-order valence-electron chi connectivity index (χ0n) is 20.0. The summed E-state index contributed by atoms with van der Waals surface area (Å²) < 4.78 is 0. The van der Waals surface area contributed by atoms with E-state index in [9.17, 15) is 4.79 Å². The summed E-state index contributed by atoms with van der Waals surface area (Å²) in [5.74, 6) is 1.56. The molecule has 1 aromatic carbocycles. The number of piperazine rings is 1. The summed E-state index contributed by atoms with van der Waals surface area (Å²) in [5, 5.41) is 0.676. The third-order valence-electron chi connectivity index (χ3n) is 7.01. The summed E-state index contributed by atoms with van der Waals surface area (Å²) in [6.45, 7) is 12.9. The second-order valence-electron chi connectivity index (χ2n) is 8.91. The van der Waals surface area contributed by atoms with Crippen LogP contribution in [0, 0.1) is 0 Å². The Morgan fingerprint density at radius 3 is 2.42 bits per heavy atom. The summed E-state index contributed by atoms with van der Waals surface area (Å²) in [5.41, 5.74) is 3.39. The number of amides is 2. The van der Waals surface area contributed by atoms with Gasteiger partial charge in [0.15, 0.2) is 0 Å². The first-order valence-corrected chi connectivity index (χ1v) is 12.5. The third kappa shape index (κ3) is 5.25. The summed E-state index contributed by atoms with van der Waals surface area (Å²) in [4.78, 5) is 31.3. The van der Waals surface area contributed by atoms with E-state index in [1.54, 1.807) is 6.33 Å². The molecular weight excluding hydrogens is 436 g/mol. The molecule has 1 unspecified atom stereocenters. The van der Waals surface area contributed by atoms with Crippen molar-refractivity contribution in [1.29, 1.82) is 0 Å². The molecule has 1 aliphatic carbocycles. The minimum absolute atomic E-state index is 0.0606. The molecule has 1 saturated heterocycles. The van der Waals surface area contributed by atoms with Gasteiger partial charge >= 0.3 is 6.03 Å². The van der Waals surface area contributed by atoms with Crippen molar-refractivity contribution < 1.29 is 4.79 Å². The Kier molecular flexibility index (Phi) is 7.71. The van der Waals surface area contributed by atoms with E-state index in [-0.39, 0.29) is 6.03 Å². The fraction of sp³-hybridized carbons (Fsp3) is 0.560. The number of rotatable bonds is 7. The van der Waals surface area contributed by atoms with Crippen molar-refractivity contribution in [2.24, 2.45) is 0 Å². The van der Waals surface area contributed by atoms with Gasteiger partial charge in [0.2, 0.25) is 0 Å². The number of halogens is 1. The molecule has 2 aromatic rings. The van der Waals surface area contributed by atoms with Crippen LogP contribution in [0.15, 0.2) is 30.6 Å². The summed E-state index contributed by atoms with van der Waals surface area (Å²) >= 11 is 6.10. The molecule has 0 spiro atoms. The van der Waals surface area contributed by atoms with E-state index in [0.717, 1.165) is 57.1 Å². The van der Waals surface area contributed by atoms with Gasteiger partial charge in [-0.15, -0.1) is 0 Å². The van der Waals surface area contributed by atoms with E-state index in [0.29, 0.717) is 30.6 Å². The van der Waals surface area contributed by atoms with Crippen LogP contribution in [0.2, 0.25) is 5.02 Å². The molecule has 178 valence electrons. The Balaban J connectivity index is 1.46. The SMILES string of the molecule is CCN(CC)CCN(C(=O)N1CCN(c2ncnc3c2C(C)CC3)CC1)c1ccc(Cl)cc1. The van der Waals surface area contributed by atoms with Crippen molar-refractivity contribution in [1.82, 2.24) is 19.8 Å². The number of hydrogen-bond acceptors (Lipinski definition) is 5. The Hall–Kier alpha value is -2.38. The molecular formula is C25H35ClN6O. The second-order valence-corrected chi connectivity index (χ2v) is 9.35. The molecule has 2 amide bonds. The molecule has 33 heavy (non-hydrogen) atoms. The number of benzene rings is 1. The lowest BCUT2D eigenvalue weighted by atomic mass is 10.1. The smallest absolute Gasteiger partial charge is 0.324 e. The van der Waals surface area contributed by atoms with Crippen molar-refractivity contribution in [3.8, 4) is 0 Å². The van der Waals surface area contributed by atoms with Gasteiger partial charge in [0, 0.05) is 61.2 Å². The fourth-order valence-corrected chi connectivity index (χ4v) is 5.02.